The van der Waals surface area contributed by atoms with Crippen LogP contribution in [0.5, 0.6) is 5.75 Å². The van der Waals surface area contributed by atoms with Crippen molar-refractivity contribution in [3.8, 4) is 5.75 Å². The van der Waals surface area contributed by atoms with Gasteiger partial charge in [-0.15, -0.1) is 0 Å². The molecule has 0 saturated heterocycles. The number of benzene rings is 1. The number of carbonyl (C=O) groups is 1. The van der Waals surface area contributed by atoms with Crippen LogP contribution in [-0.4, -0.2) is 40.9 Å². The highest BCUT2D eigenvalue weighted by molar-refractivity contribution is 6.59. The first-order valence-electron chi connectivity index (χ1n) is 5.33. The van der Waals surface area contributed by atoms with E-state index in [-0.39, 0.29) is 17.6 Å². The van der Waals surface area contributed by atoms with Gasteiger partial charge in [0.15, 0.2) is 0 Å². The van der Waals surface area contributed by atoms with Crippen molar-refractivity contribution in [2.24, 2.45) is 5.73 Å². The van der Waals surface area contributed by atoms with Gasteiger partial charge in [-0.1, -0.05) is 12.1 Å². The van der Waals surface area contributed by atoms with Crippen molar-refractivity contribution in [1.82, 2.24) is 0 Å². The molecule has 0 radical (unpaired) electrons. The molecule has 0 aliphatic carbocycles. The van der Waals surface area contributed by atoms with Crippen LogP contribution in [0.15, 0.2) is 18.2 Å². The van der Waals surface area contributed by atoms with Crippen LogP contribution in [0.25, 0.3) is 0 Å². The van der Waals surface area contributed by atoms with Gasteiger partial charge in [-0.05, 0) is 18.6 Å². The number of carboxylic acids is 1. The third kappa shape index (κ3) is 3.22. The van der Waals surface area contributed by atoms with Crippen LogP contribution in [0.3, 0.4) is 0 Å². The fraction of sp³-hybridized carbons (Fsp3) is 0.364. The zero-order valence-corrected chi connectivity index (χ0v) is 10.3. The lowest BCUT2D eigenvalue weighted by atomic mass is 9.78. The summed E-state index contributed by atoms with van der Waals surface area (Å²) in [6, 6.07) is 4.60. The van der Waals surface area contributed by atoms with Crippen molar-refractivity contribution < 1.29 is 24.7 Å². The monoisotopic (exact) mass is 253 g/mol. The predicted octanol–water partition coefficient (Wildman–Crippen LogP) is -1.28. The molecule has 0 amide bonds. The third-order valence-electron chi connectivity index (χ3n) is 2.64. The standard InChI is InChI=1S/C11H16BNO5/c1-11(13,10(14)15)6-7-3-4-8(12(16)17)9(5-7)18-2/h3-5,16-17H,6,13H2,1-2H3,(H,14,15)/t11-/m1/s1. The Bertz CT molecular complexity index is 447. The van der Waals surface area contributed by atoms with E-state index in [0.717, 1.165) is 0 Å². The van der Waals surface area contributed by atoms with Crippen LogP contribution in [-0.2, 0) is 11.2 Å². The summed E-state index contributed by atoms with van der Waals surface area (Å²) in [4.78, 5) is 10.9. The summed E-state index contributed by atoms with van der Waals surface area (Å²) in [5.41, 5.74) is 5.12. The molecule has 0 saturated carbocycles. The maximum atomic E-state index is 10.9. The van der Waals surface area contributed by atoms with E-state index in [9.17, 15) is 4.79 Å². The molecule has 1 atom stereocenters. The highest BCUT2D eigenvalue weighted by atomic mass is 16.5. The molecule has 0 aliphatic heterocycles. The lowest BCUT2D eigenvalue weighted by Crippen LogP contribution is -2.46. The van der Waals surface area contributed by atoms with Crippen molar-refractivity contribution in [2.45, 2.75) is 18.9 Å². The van der Waals surface area contributed by atoms with Crippen molar-refractivity contribution in [3.63, 3.8) is 0 Å². The fourth-order valence-corrected chi connectivity index (χ4v) is 1.58. The van der Waals surface area contributed by atoms with Crippen LogP contribution in [0.4, 0.5) is 0 Å². The summed E-state index contributed by atoms with van der Waals surface area (Å²) in [5, 5.41) is 27.1. The minimum absolute atomic E-state index is 0.112. The molecular weight excluding hydrogens is 237 g/mol. The molecule has 0 spiro atoms. The Hall–Kier alpha value is -1.57. The first-order valence-corrected chi connectivity index (χ1v) is 5.33. The Morgan fingerprint density at radius 2 is 2.11 bits per heavy atom. The minimum Gasteiger partial charge on any atom is -0.497 e. The van der Waals surface area contributed by atoms with Gasteiger partial charge in [0.25, 0.3) is 0 Å². The molecule has 98 valence electrons. The van der Waals surface area contributed by atoms with Crippen LogP contribution in [0, 0.1) is 0 Å². The average Bonchev–Trinajstić information content (AvgIpc) is 2.27. The van der Waals surface area contributed by atoms with E-state index in [1.54, 1.807) is 12.1 Å². The molecule has 1 aromatic carbocycles. The van der Waals surface area contributed by atoms with E-state index < -0.39 is 18.6 Å². The van der Waals surface area contributed by atoms with E-state index in [1.165, 1.54) is 20.1 Å². The zero-order valence-electron chi connectivity index (χ0n) is 10.3. The number of ether oxygens (including phenoxy) is 1. The van der Waals surface area contributed by atoms with Gasteiger partial charge < -0.3 is 25.6 Å². The molecule has 1 rings (SSSR count). The number of aliphatic carboxylic acids is 1. The van der Waals surface area contributed by atoms with Crippen molar-refractivity contribution in [2.75, 3.05) is 7.11 Å². The van der Waals surface area contributed by atoms with Crippen LogP contribution >= 0.6 is 0 Å². The van der Waals surface area contributed by atoms with Crippen molar-refractivity contribution in [3.05, 3.63) is 23.8 Å². The number of hydrogen-bond donors (Lipinski definition) is 4. The Labute approximate surface area is 105 Å². The lowest BCUT2D eigenvalue weighted by Gasteiger charge is -2.20. The van der Waals surface area contributed by atoms with E-state index >= 15 is 0 Å². The Kier molecular flexibility index (Phi) is 4.34. The third-order valence-corrected chi connectivity index (χ3v) is 2.64. The van der Waals surface area contributed by atoms with Gasteiger partial charge in [0.2, 0.25) is 0 Å². The summed E-state index contributed by atoms with van der Waals surface area (Å²) in [6.07, 6.45) is 0.112. The molecular formula is C11H16BNO5. The van der Waals surface area contributed by atoms with Gasteiger partial charge in [0, 0.05) is 11.9 Å². The molecule has 0 aliphatic rings. The molecule has 0 unspecified atom stereocenters. The number of rotatable bonds is 5. The van der Waals surface area contributed by atoms with E-state index in [4.69, 9.17) is 25.6 Å². The number of methoxy groups -OCH3 is 1. The fourth-order valence-electron chi connectivity index (χ4n) is 1.58. The molecule has 0 fully saturated rings. The molecule has 0 heterocycles. The first kappa shape index (κ1) is 14.5. The summed E-state index contributed by atoms with van der Waals surface area (Å²) < 4.78 is 5.01. The smallest absolute Gasteiger partial charge is 0.492 e. The predicted molar refractivity (Wildman–Crippen MR) is 66.8 cm³/mol. The van der Waals surface area contributed by atoms with Gasteiger partial charge in [0.05, 0.1) is 7.11 Å². The molecule has 7 heteroatoms. The second-order valence-electron chi connectivity index (χ2n) is 4.35. The van der Waals surface area contributed by atoms with E-state index in [1.807, 2.05) is 0 Å². The lowest BCUT2D eigenvalue weighted by molar-refractivity contribution is -0.142. The summed E-state index contributed by atoms with van der Waals surface area (Å²) in [7, 11) is -0.248. The van der Waals surface area contributed by atoms with Gasteiger partial charge in [0.1, 0.15) is 11.3 Å². The zero-order chi connectivity index (χ0) is 13.9. The normalized spacial score (nSPS) is 13.8. The molecule has 0 bridgehead atoms. The Morgan fingerprint density at radius 1 is 1.50 bits per heavy atom. The molecule has 0 aromatic heterocycles. The number of nitrogens with two attached hydrogens (primary N) is 1. The topological polar surface area (TPSA) is 113 Å². The van der Waals surface area contributed by atoms with Crippen LogP contribution in [0.2, 0.25) is 0 Å². The summed E-state index contributed by atoms with van der Waals surface area (Å²) in [5.74, 6) is -0.823. The highest BCUT2D eigenvalue weighted by Gasteiger charge is 2.28. The second kappa shape index (κ2) is 5.39. The van der Waals surface area contributed by atoms with Gasteiger partial charge in [-0.3, -0.25) is 4.79 Å². The minimum atomic E-state index is -1.64. The van der Waals surface area contributed by atoms with Gasteiger partial charge in [-0.25, -0.2) is 0 Å². The number of hydrogen-bond acceptors (Lipinski definition) is 5. The summed E-state index contributed by atoms with van der Waals surface area (Å²) >= 11 is 0. The Morgan fingerprint density at radius 3 is 2.56 bits per heavy atom. The quantitative estimate of drug-likeness (QED) is 0.486. The highest BCUT2D eigenvalue weighted by Crippen LogP contribution is 2.16. The molecule has 5 N–H and O–H groups in total. The van der Waals surface area contributed by atoms with Crippen LogP contribution < -0.4 is 15.9 Å². The van der Waals surface area contributed by atoms with Gasteiger partial charge >= 0.3 is 13.1 Å². The number of carboxylic acid groups (broad SMARTS) is 1. The Balaban J connectivity index is 3.03. The van der Waals surface area contributed by atoms with Crippen molar-refractivity contribution in [1.29, 1.82) is 0 Å². The van der Waals surface area contributed by atoms with Crippen molar-refractivity contribution >= 4 is 18.6 Å². The largest absolute Gasteiger partial charge is 0.497 e. The molecule has 1 aromatic rings. The summed E-state index contributed by atoms with van der Waals surface area (Å²) in [6.45, 7) is 1.41. The first-order chi connectivity index (χ1) is 8.27. The molecule has 18 heavy (non-hydrogen) atoms. The maximum absolute atomic E-state index is 10.9. The van der Waals surface area contributed by atoms with E-state index in [2.05, 4.69) is 0 Å². The maximum Gasteiger partial charge on any atom is 0.492 e. The van der Waals surface area contributed by atoms with Gasteiger partial charge in [-0.2, -0.15) is 0 Å². The average molecular weight is 253 g/mol. The second-order valence-corrected chi connectivity index (χ2v) is 4.35. The SMILES string of the molecule is COc1cc(C[C@@](C)(N)C(=O)O)ccc1B(O)O. The van der Waals surface area contributed by atoms with E-state index in [0.29, 0.717) is 5.56 Å². The molecule has 6 nitrogen and oxygen atoms in total. The van der Waals surface area contributed by atoms with Crippen LogP contribution in [0.1, 0.15) is 12.5 Å².